The lowest BCUT2D eigenvalue weighted by Gasteiger charge is -2.23. The lowest BCUT2D eigenvalue weighted by Crippen LogP contribution is -2.23. The third-order valence-corrected chi connectivity index (χ3v) is 5.20. The quantitative estimate of drug-likeness (QED) is 0.336. The monoisotopic (exact) mass is 356 g/mol. The van der Waals surface area contributed by atoms with Crippen LogP contribution in [0.3, 0.4) is 0 Å². The highest BCUT2D eigenvalue weighted by Gasteiger charge is 2.34. The first kappa shape index (κ1) is 21.5. The molecule has 3 nitrogen and oxygen atoms in total. The molecule has 138 valence electrons. The van der Waals surface area contributed by atoms with Crippen LogP contribution in [0.4, 0.5) is 0 Å². The van der Waals surface area contributed by atoms with E-state index >= 15 is 0 Å². The summed E-state index contributed by atoms with van der Waals surface area (Å²) in [5, 5.41) is 10.3. The Morgan fingerprint density at radius 1 is 1.29 bits per heavy atom. The van der Waals surface area contributed by atoms with Gasteiger partial charge in [-0.1, -0.05) is 50.7 Å². The Bertz CT molecular complexity index is 420. The van der Waals surface area contributed by atoms with Crippen LogP contribution in [0.15, 0.2) is 12.2 Å². The van der Waals surface area contributed by atoms with Crippen LogP contribution in [0.25, 0.3) is 0 Å². The minimum atomic E-state index is -0.526. The number of aliphatic hydroxyl groups excluding tert-OH is 1. The van der Waals surface area contributed by atoms with E-state index in [1.165, 1.54) is 19.3 Å². The number of hydrogen-bond acceptors (Lipinski definition) is 3. The second-order valence-corrected chi connectivity index (χ2v) is 6.99. The second kappa shape index (κ2) is 11.9. The molecule has 1 N–H and O–H groups in total. The molecule has 0 radical (unpaired) electrons. The molecular weight excluding hydrogens is 324 g/mol. The fraction of sp³-hybridized carbons (Fsp3) is 0.800. The number of aliphatic hydroxyl groups is 1. The molecule has 1 saturated carbocycles. The van der Waals surface area contributed by atoms with Crippen molar-refractivity contribution in [1.29, 1.82) is 0 Å². The topological polar surface area (TPSA) is 38.7 Å². The fourth-order valence-corrected chi connectivity index (χ4v) is 3.60. The van der Waals surface area contributed by atoms with Gasteiger partial charge in [0, 0.05) is 12.5 Å². The molecule has 2 aliphatic rings. The highest BCUT2D eigenvalue weighted by Crippen LogP contribution is 2.30. The number of rotatable bonds is 6. The van der Waals surface area contributed by atoms with Crippen LogP contribution < -0.4 is 0 Å². The van der Waals surface area contributed by atoms with Crippen molar-refractivity contribution in [2.75, 3.05) is 19.8 Å². The molecule has 1 aliphatic heterocycles. The lowest BCUT2D eigenvalue weighted by atomic mass is 9.85. The van der Waals surface area contributed by atoms with Crippen LogP contribution in [-0.4, -0.2) is 42.5 Å². The van der Waals surface area contributed by atoms with Crippen LogP contribution in [-0.2, 0) is 9.47 Å². The fourth-order valence-electron chi connectivity index (χ4n) is 3.29. The van der Waals surface area contributed by atoms with Gasteiger partial charge in [-0.3, -0.25) is 0 Å². The Hall–Kier alpha value is -0.530. The molecule has 0 amide bonds. The highest BCUT2D eigenvalue weighted by atomic mass is 35.5. The summed E-state index contributed by atoms with van der Waals surface area (Å²) >= 11 is 6.36. The number of allylic oxidation sites excluding steroid dienone is 1. The van der Waals surface area contributed by atoms with E-state index < -0.39 is 6.10 Å². The van der Waals surface area contributed by atoms with E-state index in [0.717, 1.165) is 25.9 Å². The number of alkyl halides is 1. The molecule has 0 bridgehead atoms. The summed E-state index contributed by atoms with van der Waals surface area (Å²) in [7, 11) is 0. The summed E-state index contributed by atoms with van der Waals surface area (Å²) in [5.41, 5.74) is 0. The van der Waals surface area contributed by atoms with Gasteiger partial charge in [-0.15, -0.1) is 11.6 Å². The largest absolute Gasteiger partial charge is 0.380 e. The minimum Gasteiger partial charge on any atom is -0.380 e. The maximum atomic E-state index is 10.3. The van der Waals surface area contributed by atoms with Gasteiger partial charge in [0.1, 0.15) is 12.2 Å². The first-order valence-electron chi connectivity index (χ1n) is 8.90. The molecule has 1 saturated heterocycles. The zero-order valence-corrected chi connectivity index (χ0v) is 14.8. The summed E-state index contributed by atoms with van der Waals surface area (Å²) < 4.78 is 11.0. The summed E-state index contributed by atoms with van der Waals surface area (Å²) in [6.07, 6.45) is 10.1. The molecule has 1 heterocycles. The molecular formula is C20H33ClO3. The van der Waals surface area contributed by atoms with Gasteiger partial charge >= 0.3 is 0 Å². The molecule has 1 aliphatic carbocycles. The third-order valence-electron chi connectivity index (χ3n) is 4.75. The van der Waals surface area contributed by atoms with E-state index in [4.69, 9.17) is 21.1 Å². The Balaban J connectivity index is 0.00000288. The van der Waals surface area contributed by atoms with Gasteiger partial charge in [-0.25, -0.2) is 0 Å². The van der Waals surface area contributed by atoms with Gasteiger partial charge in [0.15, 0.2) is 0 Å². The molecule has 0 spiro atoms. The van der Waals surface area contributed by atoms with E-state index in [1.54, 1.807) is 0 Å². The highest BCUT2D eigenvalue weighted by molar-refractivity contribution is 6.21. The van der Waals surface area contributed by atoms with Crippen molar-refractivity contribution in [2.24, 2.45) is 11.8 Å². The molecule has 0 aromatic heterocycles. The van der Waals surface area contributed by atoms with Crippen molar-refractivity contribution in [3.05, 3.63) is 12.2 Å². The van der Waals surface area contributed by atoms with Crippen LogP contribution >= 0.6 is 11.6 Å². The van der Waals surface area contributed by atoms with Gasteiger partial charge in [0.25, 0.3) is 0 Å². The van der Waals surface area contributed by atoms with Crippen molar-refractivity contribution in [3.8, 4) is 11.8 Å². The molecule has 4 heteroatoms. The van der Waals surface area contributed by atoms with Crippen molar-refractivity contribution in [1.82, 2.24) is 0 Å². The predicted molar refractivity (Wildman–Crippen MR) is 100 cm³/mol. The second-order valence-electron chi connectivity index (χ2n) is 6.43. The number of hydrogen-bond donors (Lipinski definition) is 1. The Kier molecular flexibility index (Phi) is 10.7. The van der Waals surface area contributed by atoms with Gasteiger partial charge in [0.05, 0.1) is 18.6 Å². The van der Waals surface area contributed by atoms with Gasteiger partial charge in [0.2, 0.25) is 0 Å². The predicted octanol–water partition coefficient (Wildman–Crippen LogP) is 4.17. The maximum Gasteiger partial charge on any atom is 0.122 e. The number of ether oxygens (including phenoxy) is 2. The van der Waals surface area contributed by atoms with Gasteiger partial charge in [-0.2, -0.15) is 0 Å². The van der Waals surface area contributed by atoms with Crippen LogP contribution in [0, 0.1) is 23.7 Å². The Morgan fingerprint density at radius 3 is 2.75 bits per heavy atom. The van der Waals surface area contributed by atoms with E-state index in [9.17, 15) is 5.11 Å². The van der Waals surface area contributed by atoms with Crippen LogP contribution in [0.2, 0.25) is 0 Å². The molecule has 2 fully saturated rings. The third kappa shape index (κ3) is 6.76. The van der Waals surface area contributed by atoms with E-state index in [2.05, 4.69) is 17.9 Å². The molecule has 4 atom stereocenters. The Morgan fingerprint density at radius 2 is 2.04 bits per heavy atom. The zero-order valence-electron chi connectivity index (χ0n) is 14.0. The zero-order chi connectivity index (χ0) is 16.5. The molecule has 0 aromatic rings. The smallest absolute Gasteiger partial charge is 0.122 e. The molecule has 2 rings (SSSR count). The van der Waals surface area contributed by atoms with E-state index in [1.807, 2.05) is 13.0 Å². The van der Waals surface area contributed by atoms with Gasteiger partial charge in [-0.05, 0) is 32.1 Å². The standard InChI is InChI=1S/C19H29ClO3.CH4/c1-2-22-13-7-6-10-16-17(20)14-23-19(16)12-11-18(21)15-8-4-3-5-9-15;/h6-7,15-19,21H,2-5,8-10,13-14H2,1H3;1H4/b7-6-;/t16-,17+,18+,19+;/m0./s1. The molecule has 0 unspecified atom stereocenters. The summed E-state index contributed by atoms with van der Waals surface area (Å²) in [6.45, 7) is 3.87. The van der Waals surface area contributed by atoms with Crippen LogP contribution in [0.5, 0.6) is 0 Å². The van der Waals surface area contributed by atoms with Crippen molar-refractivity contribution < 1.29 is 14.6 Å². The average molecular weight is 357 g/mol. The van der Waals surface area contributed by atoms with Crippen molar-refractivity contribution >= 4 is 11.6 Å². The average Bonchev–Trinajstić information content (AvgIpc) is 2.93. The van der Waals surface area contributed by atoms with E-state index in [0.29, 0.717) is 19.1 Å². The molecule has 0 aromatic carbocycles. The van der Waals surface area contributed by atoms with Crippen LogP contribution in [0.1, 0.15) is 52.9 Å². The first-order chi connectivity index (χ1) is 11.2. The summed E-state index contributed by atoms with van der Waals surface area (Å²) in [6, 6.07) is 0. The van der Waals surface area contributed by atoms with Crippen molar-refractivity contribution in [2.45, 2.75) is 70.5 Å². The lowest BCUT2D eigenvalue weighted by molar-refractivity contribution is 0.126. The number of halogens is 1. The normalized spacial score (nSPS) is 29.0. The van der Waals surface area contributed by atoms with Gasteiger partial charge < -0.3 is 14.6 Å². The molecule has 24 heavy (non-hydrogen) atoms. The van der Waals surface area contributed by atoms with Crippen molar-refractivity contribution in [3.63, 3.8) is 0 Å². The Labute approximate surface area is 152 Å². The minimum absolute atomic E-state index is 0. The maximum absolute atomic E-state index is 10.3. The van der Waals surface area contributed by atoms with E-state index in [-0.39, 0.29) is 24.8 Å². The summed E-state index contributed by atoms with van der Waals surface area (Å²) in [4.78, 5) is 0. The summed E-state index contributed by atoms with van der Waals surface area (Å²) in [5.74, 6) is 6.68. The SMILES string of the molecule is C.CCOC/C=C\C[C@H]1[C@H](Cl)CO[C@@H]1C#C[C@@H](O)C1CCCCC1. The first-order valence-corrected chi connectivity index (χ1v) is 9.33.